The first kappa shape index (κ1) is 14.9. The molecule has 1 aliphatic carbocycles. The predicted molar refractivity (Wildman–Crippen MR) is 86.6 cm³/mol. The normalized spacial score (nSPS) is 22.5. The van der Waals surface area contributed by atoms with Crippen LogP contribution in [0.25, 0.3) is 0 Å². The van der Waals surface area contributed by atoms with E-state index < -0.39 is 0 Å². The lowest BCUT2D eigenvalue weighted by Crippen LogP contribution is -2.46. The van der Waals surface area contributed by atoms with Gasteiger partial charge in [-0.05, 0) is 30.7 Å². The van der Waals surface area contributed by atoms with Gasteiger partial charge in [0.2, 0.25) is 0 Å². The second-order valence-corrected chi connectivity index (χ2v) is 6.48. The minimum absolute atomic E-state index is 0.404. The van der Waals surface area contributed by atoms with E-state index in [-0.39, 0.29) is 0 Å². The third-order valence-corrected chi connectivity index (χ3v) is 5.24. The molecule has 3 nitrogen and oxygen atoms in total. The van der Waals surface area contributed by atoms with E-state index in [2.05, 4.69) is 35.3 Å². The highest BCUT2D eigenvalue weighted by Gasteiger charge is 2.33. The van der Waals surface area contributed by atoms with E-state index in [0.29, 0.717) is 17.7 Å². The zero-order valence-electron chi connectivity index (χ0n) is 13.1. The average molecular weight is 288 g/mol. The van der Waals surface area contributed by atoms with Gasteiger partial charge in [0.1, 0.15) is 5.75 Å². The van der Waals surface area contributed by atoms with Crippen LogP contribution in [0.4, 0.5) is 0 Å². The van der Waals surface area contributed by atoms with Crippen LogP contribution in [-0.4, -0.2) is 36.2 Å². The van der Waals surface area contributed by atoms with Crippen LogP contribution in [0.5, 0.6) is 5.75 Å². The molecule has 1 aliphatic heterocycles. The summed E-state index contributed by atoms with van der Waals surface area (Å²) in [7, 11) is 0. The van der Waals surface area contributed by atoms with Gasteiger partial charge in [0, 0.05) is 37.8 Å². The number of aryl methyl sites for hydroxylation is 1. The molecule has 1 saturated heterocycles. The number of nitrogens with one attached hydrogen (secondary N) is 1. The maximum Gasteiger partial charge on any atom is 0.123 e. The Kier molecular flexibility index (Phi) is 4.81. The van der Waals surface area contributed by atoms with Gasteiger partial charge in [0.25, 0.3) is 0 Å². The van der Waals surface area contributed by atoms with Gasteiger partial charge in [-0.15, -0.1) is 0 Å². The van der Waals surface area contributed by atoms with Gasteiger partial charge in [0.15, 0.2) is 0 Å². The lowest BCUT2D eigenvalue weighted by Gasteiger charge is -2.39. The molecular formula is C18H28N2O. The number of benzene rings is 1. The molecule has 1 saturated carbocycles. The quantitative estimate of drug-likeness (QED) is 0.893. The van der Waals surface area contributed by atoms with E-state index in [1.165, 1.54) is 31.2 Å². The molecule has 0 aromatic heterocycles. The fourth-order valence-electron chi connectivity index (χ4n) is 4.12. The topological polar surface area (TPSA) is 35.5 Å². The Balaban J connectivity index is 1.93. The number of aromatic hydroxyl groups is 1. The maximum atomic E-state index is 10.7. The zero-order valence-corrected chi connectivity index (χ0v) is 13.1. The summed E-state index contributed by atoms with van der Waals surface area (Å²) in [6, 6.07) is 6.74. The largest absolute Gasteiger partial charge is 0.507 e. The first-order chi connectivity index (χ1) is 10.3. The number of hydrogen-bond acceptors (Lipinski definition) is 3. The van der Waals surface area contributed by atoms with Crippen molar-refractivity contribution in [1.82, 2.24) is 10.2 Å². The van der Waals surface area contributed by atoms with E-state index in [4.69, 9.17) is 0 Å². The summed E-state index contributed by atoms with van der Waals surface area (Å²) in [6.07, 6.45) is 6.22. The average Bonchev–Trinajstić information content (AvgIpc) is 3.04. The lowest BCUT2D eigenvalue weighted by molar-refractivity contribution is 0.123. The molecule has 2 fully saturated rings. The fraction of sp³-hybridized carbons (Fsp3) is 0.667. The SMILES string of the molecule is CCc1cccc([C@@H](C2CCCC2)N2CCNCC2)c1O. The Morgan fingerprint density at radius 2 is 1.95 bits per heavy atom. The minimum Gasteiger partial charge on any atom is -0.507 e. The molecule has 2 N–H and O–H groups in total. The zero-order chi connectivity index (χ0) is 14.7. The first-order valence-electron chi connectivity index (χ1n) is 8.56. The summed E-state index contributed by atoms with van der Waals surface area (Å²) >= 11 is 0. The Morgan fingerprint density at radius 3 is 2.62 bits per heavy atom. The Morgan fingerprint density at radius 1 is 1.24 bits per heavy atom. The van der Waals surface area contributed by atoms with Gasteiger partial charge >= 0.3 is 0 Å². The molecule has 1 atom stereocenters. The molecule has 3 heteroatoms. The molecule has 0 radical (unpaired) electrons. The molecular weight excluding hydrogens is 260 g/mol. The van der Waals surface area contributed by atoms with Crippen molar-refractivity contribution in [3.8, 4) is 5.75 Å². The van der Waals surface area contributed by atoms with Crippen LogP contribution < -0.4 is 5.32 Å². The molecule has 1 aromatic carbocycles. The van der Waals surface area contributed by atoms with E-state index in [1.54, 1.807) is 0 Å². The number of rotatable bonds is 4. The molecule has 2 aliphatic rings. The van der Waals surface area contributed by atoms with Crippen molar-refractivity contribution < 1.29 is 5.11 Å². The highest BCUT2D eigenvalue weighted by molar-refractivity contribution is 5.42. The molecule has 0 spiro atoms. The minimum atomic E-state index is 0.404. The van der Waals surface area contributed by atoms with Gasteiger partial charge in [-0.25, -0.2) is 0 Å². The molecule has 3 rings (SSSR count). The van der Waals surface area contributed by atoms with Crippen molar-refractivity contribution in [3.63, 3.8) is 0 Å². The van der Waals surface area contributed by atoms with Gasteiger partial charge in [-0.2, -0.15) is 0 Å². The second-order valence-electron chi connectivity index (χ2n) is 6.48. The van der Waals surface area contributed by atoms with Crippen LogP contribution in [-0.2, 0) is 6.42 Å². The summed E-state index contributed by atoms with van der Waals surface area (Å²) in [5, 5.41) is 14.2. The number of para-hydroxylation sites is 1. The Hall–Kier alpha value is -1.06. The van der Waals surface area contributed by atoms with Gasteiger partial charge < -0.3 is 10.4 Å². The number of phenolic OH excluding ortho intramolecular Hbond substituents is 1. The first-order valence-corrected chi connectivity index (χ1v) is 8.56. The van der Waals surface area contributed by atoms with E-state index in [0.717, 1.165) is 38.2 Å². The van der Waals surface area contributed by atoms with Crippen molar-refractivity contribution in [1.29, 1.82) is 0 Å². The number of piperazine rings is 1. The third-order valence-electron chi connectivity index (χ3n) is 5.24. The van der Waals surface area contributed by atoms with Crippen molar-refractivity contribution in [2.45, 2.75) is 45.1 Å². The number of hydrogen-bond donors (Lipinski definition) is 2. The van der Waals surface area contributed by atoms with Gasteiger partial charge in [0.05, 0.1) is 0 Å². The van der Waals surface area contributed by atoms with Crippen molar-refractivity contribution >= 4 is 0 Å². The summed E-state index contributed by atoms with van der Waals surface area (Å²) in [5.41, 5.74) is 2.26. The lowest BCUT2D eigenvalue weighted by atomic mass is 9.88. The van der Waals surface area contributed by atoms with Gasteiger partial charge in [-0.1, -0.05) is 38.0 Å². The second kappa shape index (κ2) is 6.80. The van der Waals surface area contributed by atoms with Crippen LogP contribution in [0, 0.1) is 5.92 Å². The van der Waals surface area contributed by atoms with E-state index in [1.807, 2.05) is 0 Å². The highest BCUT2D eigenvalue weighted by Crippen LogP contribution is 2.43. The summed E-state index contributed by atoms with van der Waals surface area (Å²) in [6.45, 7) is 6.44. The van der Waals surface area contributed by atoms with Crippen LogP contribution >= 0.6 is 0 Å². The molecule has 21 heavy (non-hydrogen) atoms. The molecule has 116 valence electrons. The van der Waals surface area contributed by atoms with Crippen molar-refractivity contribution in [3.05, 3.63) is 29.3 Å². The fourth-order valence-corrected chi connectivity index (χ4v) is 4.12. The highest BCUT2D eigenvalue weighted by atomic mass is 16.3. The maximum absolute atomic E-state index is 10.7. The van der Waals surface area contributed by atoms with Crippen LogP contribution in [0.2, 0.25) is 0 Å². The Bertz CT molecular complexity index is 462. The van der Waals surface area contributed by atoms with Crippen molar-refractivity contribution in [2.24, 2.45) is 5.92 Å². The molecule has 0 amide bonds. The summed E-state index contributed by atoms with van der Waals surface area (Å²) in [5.74, 6) is 1.26. The van der Waals surface area contributed by atoms with Crippen LogP contribution in [0.15, 0.2) is 18.2 Å². The van der Waals surface area contributed by atoms with E-state index >= 15 is 0 Å². The standard InChI is InChI=1S/C18H28N2O/c1-2-14-8-5-9-16(18(14)21)17(15-6-3-4-7-15)20-12-10-19-11-13-20/h5,8-9,15,17,19,21H,2-4,6-7,10-13H2,1H3/t17-/m1/s1. The predicted octanol–water partition coefficient (Wildman–Crippen LogP) is 3.09. The van der Waals surface area contributed by atoms with Crippen LogP contribution in [0.1, 0.15) is 49.8 Å². The summed E-state index contributed by atoms with van der Waals surface area (Å²) in [4.78, 5) is 2.60. The molecule has 1 aromatic rings. The molecule has 1 heterocycles. The van der Waals surface area contributed by atoms with Gasteiger partial charge in [-0.3, -0.25) is 4.90 Å². The van der Waals surface area contributed by atoms with E-state index in [9.17, 15) is 5.11 Å². The molecule has 0 bridgehead atoms. The monoisotopic (exact) mass is 288 g/mol. The number of nitrogens with zero attached hydrogens (tertiary/aromatic N) is 1. The Labute approximate surface area is 128 Å². The summed E-state index contributed by atoms with van der Waals surface area (Å²) < 4.78 is 0. The third kappa shape index (κ3) is 3.09. The number of phenols is 1. The van der Waals surface area contributed by atoms with Crippen LogP contribution in [0.3, 0.4) is 0 Å². The van der Waals surface area contributed by atoms with Crippen molar-refractivity contribution in [2.75, 3.05) is 26.2 Å². The smallest absolute Gasteiger partial charge is 0.123 e. The molecule has 0 unspecified atom stereocenters.